The summed E-state index contributed by atoms with van der Waals surface area (Å²) >= 11 is 0. The van der Waals surface area contributed by atoms with Crippen LogP contribution in [0.4, 0.5) is 0 Å². The van der Waals surface area contributed by atoms with Gasteiger partial charge < -0.3 is 4.74 Å². The Hall–Kier alpha value is -2.14. The van der Waals surface area contributed by atoms with Crippen molar-refractivity contribution in [1.82, 2.24) is 0 Å². The molecule has 0 saturated carbocycles. The van der Waals surface area contributed by atoms with Crippen molar-refractivity contribution in [3.8, 4) is 5.75 Å². The molecule has 2 aromatic carbocycles. The molecule has 0 fully saturated rings. The number of ether oxygens (including phenoxy) is 1. The first-order chi connectivity index (χ1) is 12.5. The third-order valence-corrected chi connectivity index (χ3v) is 5.62. The van der Waals surface area contributed by atoms with Gasteiger partial charge in [0.1, 0.15) is 10.6 Å². The molecule has 0 bridgehead atoms. The Labute approximate surface area is 157 Å². The number of para-hydroxylation sites is 1. The van der Waals surface area contributed by atoms with Gasteiger partial charge in [0.25, 0.3) is 6.47 Å². The SMILES string of the molecule is CCCCS(=O)(=O)c1ccccc1OC=O.CCCCc1ccccc1. The molecule has 0 atom stereocenters. The zero-order valence-electron chi connectivity index (χ0n) is 15.6. The van der Waals surface area contributed by atoms with Gasteiger partial charge >= 0.3 is 0 Å². The summed E-state index contributed by atoms with van der Waals surface area (Å²) in [6.45, 7) is 4.38. The van der Waals surface area contributed by atoms with Crippen LogP contribution in [0.25, 0.3) is 0 Å². The van der Waals surface area contributed by atoms with Gasteiger partial charge in [-0.05, 0) is 37.0 Å². The van der Waals surface area contributed by atoms with Crippen molar-refractivity contribution in [3.63, 3.8) is 0 Å². The van der Waals surface area contributed by atoms with Crippen LogP contribution < -0.4 is 4.74 Å². The van der Waals surface area contributed by atoms with E-state index in [0.29, 0.717) is 6.42 Å². The second kappa shape index (κ2) is 12.3. The normalized spacial score (nSPS) is 10.5. The fourth-order valence-corrected chi connectivity index (χ4v) is 3.92. The molecule has 142 valence electrons. The molecule has 0 aliphatic rings. The fourth-order valence-electron chi connectivity index (χ4n) is 2.33. The van der Waals surface area contributed by atoms with Crippen molar-refractivity contribution < 1.29 is 17.9 Å². The zero-order valence-corrected chi connectivity index (χ0v) is 16.4. The maximum atomic E-state index is 11.9. The highest BCUT2D eigenvalue weighted by atomic mass is 32.2. The smallest absolute Gasteiger partial charge is 0.298 e. The van der Waals surface area contributed by atoms with Crippen molar-refractivity contribution in [3.05, 3.63) is 60.2 Å². The molecule has 0 spiro atoms. The first kappa shape index (κ1) is 21.9. The summed E-state index contributed by atoms with van der Waals surface area (Å²) < 4.78 is 28.4. The van der Waals surface area contributed by atoms with Gasteiger partial charge in [-0.2, -0.15) is 0 Å². The molecule has 0 aromatic heterocycles. The Morgan fingerprint density at radius 2 is 1.50 bits per heavy atom. The fraction of sp³-hybridized carbons (Fsp3) is 0.381. The maximum absolute atomic E-state index is 11.9. The lowest BCUT2D eigenvalue weighted by molar-refractivity contribution is -0.120. The minimum Gasteiger partial charge on any atom is -0.427 e. The second-order valence-corrected chi connectivity index (χ2v) is 8.00. The molecular formula is C21H28O4S. The molecule has 0 saturated heterocycles. The van der Waals surface area contributed by atoms with Crippen molar-refractivity contribution in [2.24, 2.45) is 0 Å². The number of benzene rings is 2. The Morgan fingerprint density at radius 1 is 0.885 bits per heavy atom. The highest BCUT2D eigenvalue weighted by molar-refractivity contribution is 7.91. The second-order valence-electron chi connectivity index (χ2n) is 5.92. The summed E-state index contributed by atoms with van der Waals surface area (Å²) in [5.41, 5.74) is 1.46. The molecule has 2 aromatic rings. The number of aryl methyl sites for hydroxylation is 1. The predicted octanol–water partition coefficient (Wildman–Crippen LogP) is 4.82. The van der Waals surface area contributed by atoms with Crippen LogP contribution in [-0.4, -0.2) is 20.6 Å². The quantitative estimate of drug-likeness (QED) is 0.588. The van der Waals surface area contributed by atoms with Gasteiger partial charge in [0.05, 0.1) is 5.75 Å². The molecule has 0 amide bonds. The van der Waals surface area contributed by atoms with Gasteiger partial charge in [0, 0.05) is 0 Å². The lowest BCUT2D eigenvalue weighted by Gasteiger charge is -2.07. The summed E-state index contributed by atoms with van der Waals surface area (Å²) in [6, 6.07) is 16.8. The third-order valence-electron chi connectivity index (χ3n) is 3.79. The summed E-state index contributed by atoms with van der Waals surface area (Å²) in [5, 5.41) is 0. The van der Waals surface area contributed by atoms with E-state index in [-0.39, 0.29) is 22.9 Å². The molecule has 4 nitrogen and oxygen atoms in total. The minimum atomic E-state index is -3.36. The van der Waals surface area contributed by atoms with E-state index in [1.54, 1.807) is 12.1 Å². The molecule has 2 rings (SSSR count). The molecule has 5 heteroatoms. The van der Waals surface area contributed by atoms with Crippen molar-refractivity contribution >= 4 is 16.3 Å². The van der Waals surface area contributed by atoms with E-state index in [4.69, 9.17) is 0 Å². The van der Waals surface area contributed by atoms with Crippen LogP contribution in [0.15, 0.2) is 59.5 Å². The van der Waals surface area contributed by atoms with E-state index >= 15 is 0 Å². The van der Waals surface area contributed by atoms with Crippen LogP contribution >= 0.6 is 0 Å². The van der Waals surface area contributed by atoms with Gasteiger partial charge in [-0.15, -0.1) is 0 Å². The Balaban J connectivity index is 0.000000289. The topological polar surface area (TPSA) is 60.4 Å². The third kappa shape index (κ3) is 7.83. The van der Waals surface area contributed by atoms with E-state index in [0.717, 1.165) is 6.42 Å². The summed E-state index contributed by atoms with van der Waals surface area (Å²) in [5.74, 6) is 0.163. The van der Waals surface area contributed by atoms with E-state index < -0.39 is 9.84 Å². The molecular weight excluding hydrogens is 348 g/mol. The highest BCUT2D eigenvalue weighted by Gasteiger charge is 2.18. The van der Waals surface area contributed by atoms with Crippen LogP contribution in [-0.2, 0) is 21.1 Å². The van der Waals surface area contributed by atoms with E-state index in [1.165, 1.54) is 37.0 Å². The van der Waals surface area contributed by atoms with Crippen LogP contribution in [0.1, 0.15) is 45.1 Å². The minimum absolute atomic E-state index is 0.0722. The van der Waals surface area contributed by atoms with E-state index in [1.807, 2.05) is 6.92 Å². The van der Waals surface area contributed by atoms with Crippen LogP contribution in [0.3, 0.4) is 0 Å². The molecule has 0 heterocycles. The lowest BCUT2D eigenvalue weighted by atomic mass is 10.1. The molecule has 0 aliphatic heterocycles. The molecule has 0 N–H and O–H groups in total. The lowest BCUT2D eigenvalue weighted by Crippen LogP contribution is -2.08. The number of sulfone groups is 1. The monoisotopic (exact) mass is 376 g/mol. The van der Waals surface area contributed by atoms with E-state index in [2.05, 4.69) is 42.0 Å². The van der Waals surface area contributed by atoms with E-state index in [9.17, 15) is 13.2 Å². The number of hydrogen-bond donors (Lipinski definition) is 0. The van der Waals surface area contributed by atoms with Crippen molar-refractivity contribution in [2.45, 2.75) is 50.8 Å². The number of carbonyl (C=O) groups excluding carboxylic acids is 1. The molecule has 0 unspecified atom stereocenters. The van der Waals surface area contributed by atoms with Crippen molar-refractivity contribution in [1.29, 1.82) is 0 Å². The standard InChI is InChI=1S/C11H14O4S.C10H14/c1-2-3-8-16(13,14)11-7-5-4-6-10(11)15-9-12;1-2-3-7-10-8-5-4-6-9-10/h4-7,9H,2-3,8H2,1H3;4-6,8-9H,2-3,7H2,1H3. The summed E-state index contributed by atoms with van der Waals surface area (Å²) in [4.78, 5) is 10.3. The Bertz CT molecular complexity index is 740. The van der Waals surface area contributed by atoms with Gasteiger partial charge in [0.2, 0.25) is 0 Å². The number of rotatable bonds is 9. The first-order valence-corrected chi connectivity index (χ1v) is 10.7. The average Bonchev–Trinajstić information content (AvgIpc) is 2.67. The molecule has 0 radical (unpaired) electrons. The number of hydrogen-bond acceptors (Lipinski definition) is 4. The Kier molecular flexibility index (Phi) is 10.3. The predicted molar refractivity (Wildman–Crippen MR) is 105 cm³/mol. The first-order valence-electron chi connectivity index (χ1n) is 9.01. The van der Waals surface area contributed by atoms with Gasteiger partial charge in [-0.1, -0.05) is 69.2 Å². The van der Waals surface area contributed by atoms with Gasteiger partial charge in [0.15, 0.2) is 9.84 Å². The van der Waals surface area contributed by atoms with Crippen LogP contribution in [0, 0.1) is 0 Å². The number of carbonyl (C=O) groups is 1. The van der Waals surface area contributed by atoms with Crippen LogP contribution in [0.5, 0.6) is 5.75 Å². The molecule has 0 aliphatic carbocycles. The maximum Gasteiger partial charge on any atom is 0.298 e. The highest BCUT2D eigenvalue weighted by Crippen LogP contribution is 2.24. The largest absolute Gasteiger partial charge is 0.427 e. The Morgan fingerprint density at radius 3 is 2.12 bits per heavy atom. The number of unbranched alkanes of at least 4 members (excludes halogenated alkanes) is 2. The zero-order chi connectivity index (χ0) is 19.3. The summed E-state index contributed by atoms with van der Waals surface area (Å²) in [7, 11) is -3.36. The van der Waals surface area contributed by atoms with Crippen molar-refractivity contribution in [2.75, 3.05) is 5.75 Å². The molecule has 26 heavy (non-hydrogen) atoms. The average molecular weight is 377 g/mol. The van der Waals surface area contributed by atoms with Gasteiger partial charge in [-0.25, -0.2) is 8.42 Å². The van der Waals surface area contributed by atoms with Gasteiger partial charge in [-0.3, -0.25) is 4.79 Å². The summed E-state index contributed by atoms with van der Waals surface area (Å²) in [6.07, 6.45) is 5.23. The van der Waals surface area contributed by atoms with Crippen LogP contribution in [0.2, 0.25) is 0 Å².